The molecule has 2 amide bonds. The minimum absolute atomic E-state index is 0.0485. The molecule has 1 saturated heterocycles. The fourth-order valence-electron chi connectivity index (χ4n) is 2.63. The maximum Gasteiger partial charge on any atom is 0.270 e. The molecule has 2 N–H and O–H groups in total. The van der Waals surface area contributed by atoms with Crippen molar-refractivity contribution in [2.75, 3.05) is 19.1 Å². The van der Waals surface area contributed by atoms with Gasteiger partial charge in [0.1, 0.15) is 22.8 Å². The molecule has 0 bridgehead atoms. The number of hydrogen-bond acceptors (Lipinski definition) is 6. The minimum atomic E-state index is -0.608. The van der Waals surface area contributed by atoms with E-state index in [-0.39, 0.29) is 16.4 Å². The standard InChI is InChI=1S/C19H15BrN2O5S/c1-26-11-4-5-14(16(9-11)27-2)22-18(25)12(17(24)21-19(22)28)7-10-3-6-15(23)13(20)8-10/h3-9,23H,1-2H3,(H,21,24,28)/b12-7+. The first kappa shape index (κ1) is 19.8. The Kier molecular flexibility index (Phi) is 5.66. The monoisotopic (exact) mass is 462 g/mol. The van der Waals surface area contributed by atoms with Crippen molar-refractivity contribution >= 4 is 56.8 Å². The van der Waals surface area contributed by atoms with Crippen LogP contribution in [-0.2, 0) is 9.59 Å². The van der Waals surface area contributed by atoms with Gasteiger partial charge in [-0.3, -0.25) is 14.9 Å². The summed E-state index contributed by atoms with van der Waals surface area (Å²) in [6, 6.07) is 9.52. The molecule has 0 unspecified atom stereocenters. The van der Waals surface area contributed by atoms with E-state index < -0.39 is 11.8 Å². The largest absolute Gasteiger partial charge is 0.507 e. The zero-order chi connectivity index (χ0) is 20.4. The third kappa shape index (κ3) is 3.71. The Morgan fingerprint density at radius 1 is 1.14 bits per heavy atom. The number of phenols is 1. The van der Waals surface area contributed by atoms with Crippen LogP contribution in [0.1, 0.15) is 5.56 Å². The van der Waals surface area contributed by atoms with E-state index in [0.29, 0.717) is 27.2 Å². The summed E-state index contributed by atoms with van der Waals surface area (Å²) in [5.74, 6) is -0.251. The molecule has 1 heterocycles. The third-order valence-electron chi connectivity index (χ3n) is 4.01. The number of carbonyl (C=O) groups is 2. The van der Waals surface area contributed by atoms with E-state index in [1.54, 1.807) is 30.3 Å². The van der Waals surface area contributed by atoms with Crippen molar-refractivity contribution in [1.82, 2.24) is 5.32 Å². The number of thiocarbonyl (C=S) groups is 1. The number of halogens is 1. The van der Waals surface area contributed by atoms with Crippen LogP contribution >= 0.6 is 28.1 Å². The molecule has 0 atom stereocenters. The second-order valence-corrected chi connectivity index (χ2v) is 6.95. The molecule has 7 nitrogen and oxygen atoms in total. The molecule has 144 valence electrons. The number of carbonyl (C=O) groups excluding carboxylic acids is 2. The lowest BCUT2D eigenvalue weighted by atomic mass is 10.1. The number of nitrogens with zero attached hydrogens (tertiary/aromatic N) is 1. The molecule has 2 aromatic rings. The van der Waals surface area contributed by atoms with Gasteiger partial charge < -0.3 is 14.6 Å². The Bertz CT molecular complexity index is 1020. The highest BCUT2D eigenvalue weighted by Gasteiger charge is 2.36. The summed E-state index contributed by atoms with van der Waals surface area (Å²) < 4.78 is 11.0. The first-order valence-electron chi connectivity index (χ1n) is 7.97. The lowest BCUT2D eigenvalue weighted by Crippen LogP contribution is -2.54. The predicted octanol–water partition coefficient (Wildman–Crippen LogP) is 3.00. The molecule has 28 heavy (non-hydrogen) atoms. The van der Waals surface area contributed by atoms with Gasteiger partial charge in [-0.15, -0.1) is 0 Å². The van der Waals surface area contributed by atoms with Crippen LogP contribution < -0.4 is 19.7 Å². The smallest absolute Gasteiger partial charge is 0.270 e. The van der Waals surface area contributed by atoms with Gasteiger partial charge in [0.25, 0.3) is 11.8 Å². The van der Waals surface area contributed by atoms with Gasteiger partial charge >= 0.3 is 0 Å². The summed E-state index contributed by atoms with van der Waals surface area (Å²) >= 11 is 8.41. The van der Waals surface area contributed by atoms with Gasteiger partial charge in [0.2, 0.25) is 0 Å². The molecule has 1 aliphatic rings. The molecule has 2 aromatic carbocycles. The zero-order valence-electron chi connectivity index (χ0n) is 14.9. The van der Waals surface area contributed by atoms with Crippen molar-refractivity contribution in [3.63, 3.8) is 0 Å². The number of anilines is 1. The van der Waals surface area contributed by atoms with E-state index in [4.69, 9.17) is 21.7 Å². The minimum Gasteiger partial charge on any atom is -0.507 e. The molecule has 0 aromatic heterocycles. The molecular formula is C19H15BrN2O5S. The highest BCUT2D eigenvalue weighted by atomic mass is 79.9. The Labute approximate surface area is 174 Å². The molecule has 1 fully saturated rings. The number of rotatable bonds is 4. The van der Waals surface area contributed by atoms with Gasteiger partial charge in [-0.2, -0.15) is 0 Å². The van der Waals surface area contributed by atoms with Crippen molar-refractivity contribution < 1.29 is 24.2 Å². The zero-order valence-corrected chi connectivity index (χ0v) is 17.3. The Balaban J connectivity index is 2.05. The Morgan fingerprint density at radius 2 is 1.89 bits per heavy atom. The van der Waals surface area contributed by atoms with E-state index in [1.165, 1.54) is 31.3 Å². The van der Waals surface area contributed by atoms with Crippen LogP contribution in [0.4, 0.5) is 5.69 Å². The SMILES string of the molecule is COc1ccc(N2C(=O)/C(=C/c3ccc(O)c(Br)c3)C(=O)NC2=S)c(OC)c1. The number of hydrogen-bond donors (Lipinski definition) is 2. The van der Waals surface area contributed by atoms with Crippen LogP contribution in [-0.4, -0.2) is 36.3 Å². The van der Waals surface area contributed by atoms with E-state index in [9.17, 15) is 14.7 Å². The summed E-state index contributed by atoms with van der Waals surface area (Å²) in [6.45, 7) is 0. The molecule has 9 heteroatoms. The van der Waals surface area contributed by atoms with E-state index in [2.05, 4.69) is 21.2 Å². The van der Waals surface area contributed by atoms with Crippen molar-refractivity contribution in [3.8, 4) is 17.2 Å². The summed E-state index contributed by atoms with van der Waals surface area (Å²) in [5, 5.41) is 12.1. The van der Waals surface area contributed by atoms with Gasteiger partial charge in [0, 0.05) is 6.07 Å². The Morgan fingerprint density at radius 3 is 2.54 bits per heavy atom. The number of amides is 2. The van der Waals surface area contributed by atoms with Crippen molar-refractivity contribution in [3.05, 3.63) is 52.0 Å². The van der Waals surface area contributed by atoms with Crippen LogP contribution in [0.25, 0.3) is 6.08 Å². The number of phenolic OH excluding ortho intramolecular Hbond substituents is 1. The van der Waals surface area contributed by atoms with E-state index in [0.717, 1.165) is 0 Å². The first-order chi connectivity index (χ1) is 13.3. The third-order valence-corrected chi connectivity index (χ3v) is 4.93. The summed E-state index contributed by atoms with van der Waals surface area (Å²) in [6.07, 6.45) is 1.42. The lowest BCUT2D eigenvalue weighted by molar-refractivity contribution is -0.122. The quantitative estimate of drug-likeness (QED) is 0.412. The molecule has 1 aliphatic heterocycles. The van der Waals surface area contributed by atoms with Crippen LogP contribution in [0.3, 0.4) is 0 Å². The van der Waals surface area contributed by atoms with Gasteiger partial charge in [0.15, 0.2) is 5.11 Å². The Hall–Kier alpha value is -2.91. The number of ether oxygens (including phenoxy) is 2. The van der Waals surface area contributed by atoms with Gasteiger partial charge in [-0.25, -0.2) is 4.90 Å². The normalized spacial score (nSPS) is 15.6. The van der Waals surface area contributed by atoms with Gasteiger partial charge in [0.05, 0.1) is 24.4 Å². The number of nitrogens with one attached hydrogen (secondary N) is 1. The highest BCUT2D eigenvalue weighted by Crippen LogP contribution is 2.34. The fourth-order valence-corrected chi connectivity index (χ4v) is 3.30. The van der Waals surface area contributed by atoms with Crippen molar-refractivity contribution in [1.29, 1.82) is 0 Å². The second kappa shape index (κ2) is 7.99. The maximum atomic E-state index is 13.1. The predicted molar refractivity (Wildman–Crippen MR) is 112 cm³/mol. The van der Waals surface area contributed by atoms with Crippen LogP contribution in [0.15, 0.2) is 46.4 Å². The maximum absolute atomic E-state index is 13.1. The molecule has 3 rings (SSSR count). The lowest BCUT2D eigenvalue weighted by Gasteiger charge is -2.30. The van der Waals surface area contributed by atoms with Crippen LogP contribution in [0.2, 0.25) is 0 Å². The molecule has 0 aliphatic carbocycles. The van der Waals surface area contributed by atoms with E-state index >= 15 is 0 Å². The summed E-state index contributed by atoms with van der Waals surface area (Å²) in [4.78, 5) is 26.7. The summed E-state index contributed by atoms with van der Waals surface area (Å²) in [5.41, 5.74) is 0.817. The topological polar surface area (TPSA) is 88.1 Å². The number of methoxy groups -OCH3 is 2. The average Bonchev–Trinajstić information content (AvgIpc) is 2.67. The molecule has 0 saturated carbocycles. The molecule has 0 spiro atoms. The fraction of sp³-hybridized carbons (Fsp3) is 0.105. The van der Waals surface area contributed by atoms with Crippen molar-refractivity contribution in [2.24, 2.45) is 0 Å². The highest BCUT2D eigenvalue weighted by molar-refractivity contribution is 9.10. The number of aromatic hydroxyl groups is 1. The second-order valence-electron chi connectivity index (χ2n) is 5.71. The van der Waals surface area contributed by atoms with E-state index in [1.807, 2.05) is 0 Å². The van der Waals surface area contributed by atoms with Gasteiger partial charge in [-0.05, 0) is 64.1 Å². The average molecular weight is 463 g/mol. The summed E-state index contributed by atoms with van der Waals surface area (Å²) in [7, 11) is 2.97. The van der Waals surface area contributed by atoms with Gasteiger partial charge in [-0.1, -0.05) is 6.07 Å². The first-order valence-corrected chi connectivity index (χ1v) is 9.18. The molecule has 0 radical (unpaired) electrons. The van der Waals surface area contributed by atoms with Crippen LogP contribution in [0, 0.1) is 0 Å². The van der Waals surface area contributed by atoms with Crippen molar-refractivity contribution in [2.45, 2.75) is 0 Å². The molecular weight excluding hydrogens is 448 g/mol. The number of benzene rings is 2. The van der Waals surface area contributed by atoms with Crippen LogP contribution in [0.5, 0.6) is 17.2 Å².